The average Bonchev–Trinajstić information content (AvgIpc) is 2.86. The van der Waals surface area contributed by atoms with Crippen molar-refractivity contribution in [2.75, 3.05) is 12.4 Å². The molecule has 3 amide bonds. The first kappa shape index (κ1) is 31.3. The summed E-state index contributed by atoms with van der Waals surface area (Å²) in [4.78, 5) is 52.0. The van der Waals surface area contributed by atoms with Crippen LogP contribution in [0.2, 0.25) is 0 Å². The number of hydrogen-bond acceptors (Lipinski definition) is 6. The lowest BCUT2D eigenvalue weighted by Crippen LogP contribution is -2.53. The van der Waals surface area contributed by atoms with E-state index in [9.17, 15) is 19.2 Å². The molecule has 3 atom stereocenters. The molecule has 2 rings (SSSR count). The molecule has 0 heterocycles. The van der Waals surface area contributed by atoms with Crippen molar-refractivity contribution in [3.05, 3.63) is 59.7 Å². The lowest BCUT2D eigenvalue weighted by Gasteiger charge is -2.31. The van der Waals surface area contributed by atoms with Crippen molar-refractivity contribution in [2.24, 2.45) is 11.7 Å². The van der Waals surface area contributed by atoms with Crippen LogP contribution in [0.3, 0.4) is 0 Å². The molecule has 0 bridgehead atoms. The third kappa shape index (κ3) is 9.10. The van der Waals surface area contributed by atoms with Crippen LogP contribution in [0.5, 0.6) is 5.75 Å². The number of amides is 3. The molecule has 0 aliphatic heterocycles. The van der Waals surface area contributed by atoms with Crippen LogP contribution >= 0.6 is 0 Å². The number of hydrogen-bond donors (Lipinski definition) is 4. The van der Waals surface area contributed by atoms with Crippen LogP contribution in [0.4, 0.5) is 5.69 Å². The summed E-state index contributed by atoms with van der Waals surface area (Å²) in [5.41, 5.74) is 6.81. The van der Waals surface area contributed by atoms with Crippen molar-refractivity contribution in [3.8, 4) is 5.75 Å². The monoisotopic (exact) mass is 540 g/mol. The van der Waals surface area contributed by atoms with Crippen molar-refractivity contribution in [1.29, 1.82) is 0 Å². The van der Waals surface area contributed by atoms with E-state index in [2.05, 4.69) is 10.6 Å². The van der Waals surface area contributed by atoms with Crippen LogP contribution in [0.15, 0.2) is 48.5 Å². The predicted molar refractivity (Wildman–Crippen MR) is 150 cm³/mol. The molecule has 0 aliphatic carbocycles. The van der Waals surface area contributed by atoms with Gasteiger partial charge in [-0.15, -0.1) is 0 Å². The van der Waals surface area contributed by atoms with Gasteiger partial charge < -0.3 is 31.1 Å². The quantitative estimate of drug-likeness (QED) is 0.342. The van der Waals surface area contributed by atoms with Gasteiger partial charge in [-0.05, 0) is 63.4 Å². The lowest BCUT2D eigenvalue weighted by molar-refractivity contribution is -0.139. The standard InChI is InChI=1S/C29H40N4O6/c1-17(2)24(30)27(36)33(7)23(16-19-12-14-20(15-13-19)39-29(4,5)6)26(35)32-22-11-9-8-10-21(22)25(34)31-18(3)28(37)38/h8-15,17-18,23-24H,16,30H2,1-7H3,(H,31,34)(H,32,35)(H,37,38)/t18-,23-,24-/m0/s1. The number of carboxylic acids is 1. The number of anilines is 1. The van der Waals surface area contributed by atoms with Crippen molar-refractivity contribution >= 4 is 29.4 Å². The molecule has 10 heteroatoms. The average molecular weight is 541 g/mol. The molecule has 0 aliphatic rings. The first-order chi connectivity index (χ1) is 18.1. The van der Waals surface area contributed by atoms with Crippen LogP contribution < -0.4 is 21.1 Å². The topological polar surface area (TPSA) is 151 Å². The molecule has 39 heavy (non-hydrogen) atoms. The van der Waals surface area contributed by atoms with Gasteiger partial charge in [0.05, 0.1) is 17.3 Å². The van der Waals surface area contributed by atoms with Crippen LogP contribution in [-0.4, -0.2) is 64.5 Å². The Morgan fingerprint density at radius 2 is 1.59 bits per heavy atom. The Kier molecular flexibility index (Phi) is 10.6. The minimum Gasteiger partial charge on any atom is -0.488 e. The van der Waals surface area contributed by atoms with Gasteiger partial charge in [0.25, 0.3) is 5.91 Å². The Bertz CT molecular complexity index is 1170. The van der Waals surface area contributed by atoms with Crippen LogP contribution in [0.25, 0.3) is 0 Å². The number of benzene rings is 2. The number of likely N-dealkylation sites (N-methyl/N-ethyl adjacent to an activating group) is 1. The Balaban J connectivity index is 2.36. The maximum atomic E-state index is 13.6. The zero-order chi connectivity index (χ0) is 29.5. The first-order valence-electron chi connectivity index (χ1n) is 12.8. The van der Waals surface area contributed by atoms with E-state index in [0.29, 0.717) is 5.75 Å². The van der Waals surface area contributed by atoms with Crippen molar-refractivity contribution < 1.29 is 29.0 Å². The molecular formula is C29H40N4O6. The molecular weight excluding hydrogens is 500 g/mol. The van der Waals surface area contributed by atoms with E-state index in [1.807, 2.05) is 46.8 Å². The number of carbonyl (C=O) groups excluding carboxylic acids is 3. The molecule has 0 radical (unpaired) electrons. The van der Waals surface area contributed by atoms with Gasteiger partial charge in [0.15, 0.2) is 0 Å². The van der Waals surface area contributed by atoms with E-state index in [1.54, 1.807) is 24.3 Å². The number of aliphatic carboxylic acids is 1. The van der Waals surface area contributed by atoms with E-state index < -0.39 is 35.9 Å². The number of rotatable bonds is 11. The predicted octanol–water partition coefficient (Wildman–Crippen LogP) is 3.06. The van der Waals surface area contributed by atoms with Gasteiger partial charge in [0, 0.05) is 13.5 Å². The minimum absolute atomic E-state index is 0.0919. The zero-order valence-corrected chi connectivity index (χ0v) is 23.6. The largest absolute Gasteiger partial charge is 0.488 e. The highest BCUT2D eigenvalue weighted by atomic mass is 16.5. The van der Waals surface area contributed by atoms with Gasteiger partial charge >= 0.3 is 5.97 Å². The Labute approximate surface area is 229 Å². The Morgan fingerprint density at radius 1 is 1.00 bits per heavy atom. The highest BCUT2D eigenvalue weighted by Gasteiger charge is 2.32. The van der Waals surface area contributed by atoms with Crippen molar-refractivity contribution in [3.63, 3.8) is 0 Å². The first-order valence-corrected chi connectivity index (χ1v) is 12.8. The second-order valence-electron chi connectivity index (χ2n) is 10.9. The van der Waals surface area contributed by atoms with Crippen LogP contribution in [0, 0.1) is 5.92 Å². The Morgan fingerprint density at radius 3 is 2.13 bits per heavy atom. The summed E-state index contributed by atoms with van der Waals surface area (Å²) >= 11 is 0. The SMILES string of the molecule is CC(C)[C@H](N)C(=O)N(C)[C@@H](Cc1ccc(OC(C)(C)C)cc1)C(=O)Nc1ccccc1C(=O)N[C@@H](C)C(=O)O. The number of ether oxygens (including phenoxy) is 1. The fourth-order valence-electron chi connectivity index (χ4n) is 3.69. The molecule has 0 fully saturated rings. The van der Waals surface area contributed by atoms with Crippen LogP contribution in [0.1, 0.15) is 57.5 Å². The summed E-state index contributed by atoms with van der Waals surface area (Å²) in [6.45, 7) is 10.8. The van der Waals surface area contributed by atoms with Gasteiger partial charge in [-0.3, -0.25) is 19.2 Å². The maximum Gasteiger partial charge on any atom is 0.325 e. The number of para-hydroxylation sites is 1. The van der Waals surface area contributed by atoms with Gasteiger partial charge in [0.2, 0.25) is 11.8 Å². The summed E-state index contributed by atoms with van der Waals surface area (Å²) < 4.78 is 5.87. The second kappa shape index (κ2) is 13.2. The summed E-state index contributed by atoms with van der Waals surface area (Å²) in [7, 11) is 1.53. The molecule has 2 aromatic rings. The molecule has 0 saturated carbocycles. The Hall–Kier alpha value is -3.92. The maximum absolute atomic E-state index is 13.6. The molecule has 10 nitrogen and oxygen atoms in total. The molecule has 0 spiro atoms. The molecule has 0 unspecified atom stereocenters. The zero-order valence-electron chi connectivity index (χ0n) is 23.6. The molecule has 5 N–H and O–H groups in total. The third-order valence-electron chi connectivity index (χ3n) is 6.05. The molecule has 0 saturated heterocycles. The number of carbonyl (C=O) groups is 4. The fourth-order valence-corrected chi connectivity index (χ4v) is 3.69. The smallest absolute Gasteiger partial charge is 0.325 e. The normalized spacial score (nSPS) is 13.7. The fraction of sp³-hybridized carbons (Fsp3) is 0.448. The van der Waals surface area contributed by atoms with Crippen molar-refractivity contribution in [2.45, 2.75) is 71.7 Å². The lowest BCUT2D eigenvalue weighted by atomic mass is 10.00. The van der Waals surface area contributed by atoms with E-state index in [-0.39, 0.29) is 35.1 Å². The highest BCUT2D eigenvalue weighted by Crippen LogP contribution is 2.22. The van der Waals surface area contributed by atoms with Crippen LogP contribution in [-0.2, 0) is 20.8 Å². The van der Waals surface area contributed by atoms with Crippen molar-refractivity contribution in [1.82, 2.24) is 10.2 Å². The van der Waals surface area contributed by atoms with Gasteiger partial charge in [0.1, 0.15) is 23.4 Å². The van der Waals surface area contributed by atoms with Gasteiger partial charge in [-0.25, -0.2) is 0 Å². The third-order valence-corrected chi connectivity index (χ3v) is 6.05. The number of nitrogens with one attached hydrogen (secondary N) is 2. The number of carboxylic acid groups (broad SMARTS) is 1. The van der Waals surface area contributed by atoms with E-state index >= 15 is 0 Å². The molecule has 2 aromatic carbocycles. The molecule has 0 aromatic heterocycles. The van der Waals surface area contributed by atoms with Gasteiger partial charge in [-0.1, -0.05) is 38.1 Å². The molecule has 212 valence electrons. The summed E-state index contributed by atoms with van der Waals surface area (Å²) in [6.07, 6.45) is 0.180. The highest BCUT2D eigenvalue weighted by molar-refractivity contribution is 6.06. The van der Waals surface area contributed by atoms with Gasteiger partial charge in [-0.2, -0.15) is 0 Å². The van der Waals surface area contributed by atoms with E-state index in [0.717, 1.165) is 5.56 Å². The van der Waals surface area contributed by atoms with E-state index in [1.165, 1.54) is 31.0 Å². The minimum atomic E-state index is -1.19. The summed E-state index contributed by atoms with van der Waals surface area (Å²) in [5, 5.41) is 14.3. The number of nitrogens with zero attached hydrogens (tertiary/aromatic N) is 1. The van der Waals surface area contributed by atoms with E-state index in [4.69, 9.17) is 15.6 Å². The summed E-state index contributed by atoms with van der Waals surface area (Å²) in [6, 6.07) is 10.6. The number of nitrogens with two attached hydrogens (primary N) is 1. The second-order valence-corrected chi connectivity index (χ2v) is 10.9. The summed E-state index contributed by atoms with van der Waals surface area (Å²) in [5.74, 6) is -2.22.